The maximum Gasteiger partial charge on any atom is 0.324 e. The molecule has 0 aromatic carbocycles. The van der Waals surface area contributed by atoms with Crippen LogP contribution in [0.25, 0.3) is 0 Å². The third kappa shape index (κ3) is 8.41. The normalized spacial score (nSPS) is 13.4. The summed E-state index contributed by atoms with van der Waals surface area (Å²) in [5, 5.41) is 17.3. The van der Waals surface area contributed by atoms with Crippen molar-refractivity contribution in [2.24, 2.45) is 5.73 Å². The average Bonchev–Trinajstić information content (AvgIpc) is 2.39. The van der Waals surface area contributed by atoms with Gasteiger partial charge >= 0.3 is 17.9 Å². The zero-order chi connectivity index (χ0) is 14.8. The van der Waals surface area contributed by atoms with E-state index in [2.05, 4.69) is 17.4 Å². The van der Waals surface area contributed by atoms with Crippen molar-refractivity contribution in [1.29, 1.82) is 0 Å². The van der Waals surface area contributed by atoms with E-state index in [0.717, 1.165) is 0 Å². The number of thiol groups is 1. The molecular weight excluding hydrogens is 278 g/mol. The topological polar surface area (TPSA) is 136 Å². The van der Waals surface area contributed by atoms with Crippen LogP contribution in [-0.2, 0) is 23.9 Å². The second kappa shape index (κ2) is 9.59. The Morgan fingerprint density at radius 1 is 1.26 bits per heavy atom. The van der Waals surface area contributed by atoms with Crippen molar-refractivity contribution in [1.82, 2.24) is 0 Å². The zero-order valence-corrected chi connectivity index (χ0v) is 11.0. The molecule has 0 rings (SSSR count). The molecule has 0 radical (unpaired) electrons. The number of carboxylic acid groups (broad SMARTS) is 1. The SMILES string of the molecule is N[C@@H](CS)C(=O)O[C@@H](CO)COC(=O)CCC(=O)O. The highest BCUT2D eigenvalue weighted by Crippen LogP contribution is 2.00. The second-order valence-corrected chi connectivity index (χ2v) is 3.97. The van der Waals surface area contributed by atoms with Crippen molar-refractivity contribution < 1.29 is 34.1 Å². The highest BCUT2D eigenvalue weighted by Gasteiger charge is 2.20. The van der Waals surface area contributed by atoms with Crippen molar-refractivity contribution in [3.8, 4) is 0 Å². The van der Waals surface area contributed by atoms with Crippen LogP contribution >= 0.6 is 12.6 Å². The van der Waals surface area contributed by atoms with Gasteiger partial charge in [-0.05, 0) is 0 Å². The van der Waals surface area contributed by atoms with Crippen molar-refractivity contribution in [2.45, 2.75) is 25.0 Å². The molecular formula is C10H17NO7S. The monoisotopic (exact) mass is 295 g/mol. The predicted molar refractivity (Wildman–Crippen MR) is 66.6 cm³/mol. The first-order chi connectivity index (χ1) is 8.90. The molecule has 2 atom stereocenters. The van der Waals surface area contributed by atoms with Crippen LogP contribution in [0.1, 0.15) is 12.8 Å². The number of rotatable bonds is 9. The van der Waals surface area contributed by atoms with Gasteiger partial charge in [0, 0.05) is 5.75 Å². The van der Waals surface area contributed by atoms with Crippen molar-refractivity contribution in [2.75, 3.05) is 19.0 Å². The van der Waals surface area contributed by atoms with Gasteiger partial charge in [-0.1, -0.05) is 0 Å². The number of hydrogen-bond donors (Lipinski definition) is 4. The highest BCUT2D eigenvalue weighted by molar-refractivity contribution is 7.80. The van der Waals surface area contributed by atoms with Crippen LogP contribution in [0.3, 0.4) is 0 Å². The lowest BCUT2D eigenvalue weighted by atomic mass is 10.3. The smallest absolute Gasteiger partial charge is 0.324 e. The minimum atomic E-state index is -1.12. The minimum Gasteiger partial charge on any atom is -0.481 e. The van der Waals surface area contributed by atoms with E-state index in [9.17, 15) is 14.4 Å². The molecule has 0 saturated heterocycles. The van der Waals surface area contributed by atoms with E-state index in [1.54, 1.807) is 0 Å². The van der Waals surface area contributed by atoms with Crippen LogP contribution in [-0.4, -0.2) is 59.2 Å². The number of hydrogen-bond acceptors (Lipinski definition) is 8. The van der Waals surface area contributed by atoms with Crippen LogP contribution < -0.4 is 5.73 Å². The van der Waals surface area contributed by atoms with Crippen LogP contribution in [0.4, 0.5) is 0 Å². The summed E-state index contributed by atoms with van der Waals surface area (Å²) in [6.07, 6.45) is -1.68. The molecule has 4 N–H and O–H groups in total. The van der Waals surface area contributed by atoms with E-state index >= 15 is 0 Å². The lowest BCUT2D eigenvalue weighted by Gasteiger charge is -2.17. The summed E-state index contributed by atoms with van der Waals surface area (Å²) in [6.45, 7) is -0.906. The molecule has 0 aromatic rings. The van der Waals surface area contributed by atoms with E-state index in [0.29, 0.717) is 0 Å². The largest absolute Gasteiger partial charge is 0.481 e. The molecule has 0 saturated carbocycles. The van der Waals surface area contributed by atoms with E-state index in [4.69, 9.17) is 20.7 Å². The van der Waals surface area contributed by atoms with Gasteiger partial charge in [0.25, 0.3) is 0 Å². The van der Waals surface area contributed by atoms with Crippen molar-refractivity contribution in [3.63, 3.8) is 0 Å². The molecule has 9 heteroatoms. The number of aliphatic hydroxyl groups is 1. The summed E-state index contributed by atoms with van der Waals surface area (Å²) in [6, 6.07) is -0.930. The van der Waals surface area contributed by atoms with Gasteiger partial charge in [-0.25, -0.2) is 0 Å². The molecule has 0 amide bonds. The van der Waals surface area contributed by atoms with Crippen LogP contribution in [0.15, 0.2) is 0 Å². The fourth-order valence-corrected chi connectivity index (χ4v) is 1.07. The Kier molecular flexibility index (Phi) is 8.92. The molecule has 0 aliphatic carbocycles. The number of aliphatic hydroxyl groups excluding tert-OH is 1. The Labute approximate surface area is 115 Å². The lowest BCUT2D eigenvalue weighted by molar-refractivity contribution is -0.162. The van der Waals surface area contributed by atoms with E-state index in [-0.39, 0.29) is 25.2 Å². The lowest BCUT2D eigenvalue weighted by Crippen LogP contribution is -2.39. The number of ether oxygens (including phenoxy) is 2. The van der Waals surface area contributed by atoms with Gasteiger partial charge in [-0.15, -0.1) is 0 Å². The quantitative estimate of drug-likeness (QED) is 0.300. The first-order valence-electron chi connectivity index (χ1n) is 5.45. The fraction of sp³-hybridized carbons (Fsp3) is 0.700. The number of carbonyl (C=O) groups excluding carboxylic acids is 2. The van der Waals surface area contributed by atoms with Gasteiger partial charge in [0.2, 0.25) is 0 Å². The van der Waals surface area contributed by atoms with E-state index in [1.165, 1.54) is 0 Å². The van der Waals surface area contributed by atoms with Gasteiger partial charge in [0.05, 0.1) is 19.4 Å². The number of esters is 2. The molecule has 0 spiro atoms. The maximum atomic E-state index is 11.3. The molecule has 110 valence electrons. The van der Waals surface area contributed by atoms with Crippen LogP contribution in [0, 0.1) is 0 Å². The Morgan fingerprint density at radius 2 is 1.89 bits per heavy atom. The third-order valence-electron chi connectivity index (χ3n) is 1.96. The first kappa shape index (κ1) is 17.7. The molecule has 0 aliphatic heterocycles. The maximum absolute atomic E-state index is 11.3. The number of nitrogens with two attached hydrogens (primary N) is 1. The molecule has 0 heterocycles. The number of aliphatic carboxylic acids is 1. The highest BCUT2D eigenvalue weighted by atomic mass is 32.1. The van der Waals surface area contributed by atoms with Gasteiger partial charge in [0.15, 0.2) is 6.10 Å². The third-order valence-corrected chi connectivity index (χ3v) is 2.35. The van der Waals surface area contributed by atoms with Gasteiger partial charge in [-0.3, -0.25) is 14.4 Å². The molecule has 8 nitrogen and oxygen atoms in total. The first-order valence-corrected chi connectivity index (χ1v) is 6.09. The number of carboxylic acids is 1. The van der Waals surface area contributed by atoms with Crippen molar-refractivity contribution in [3.05, 3.63) is 0 Å². The molecule has 0 fully saturated rings. The molecule has 0 aliphatic rings. The Morgan fingerprint density at radius 3 is 2.37 bits per heavy atom. The fourth-order valence-electron chi connectivity index (χ4n) is 0.917. The van der Waals surface area contributed by atoms with Gasteiger partial charge in [-0.2, -0.15) is 12.6 Å². The summed E-state index contributed by atoms with van der Waals surface area (Å²) >= 11 is 3.81. The van der Waals surface area contributed by atoms with Crippen LogP contribution in [0.5, 0.6) is 0 Å². The summed E-state index contributed by atoms with van der Waals surface area (Å²) in [5.41, 5.74) is 5.35. The minimum absolute atomic E-state index is 0.0788. The molecule has 0 unspecified atom stereocenters. The molecule has 0 bridgehead atoms. The van der Waals surface area contributed by atoms with E-state index in [1.807, 2.05) is 0 Å². The Balaban J connectivity index is 4.02. The summed E-state index contributed by atoms with van der Waals surface area (Å²) in [7, 11) is 0. The van der Waals surface area contributed by atoms with E-state index < -0.39 is 36.7 Å². The summed E-state index contributed by atoms with van der Waals surface area (Å²) < 4.78 is 9.43. The van der Waals surface area contributed by atoms with Crippen LogP contribution in [0.2, 0.25) is 0 Å². The molecule has 0 aromatic heterocycles. The standard InChI is InChI=1S/C10H17NO7S/c11-7(5-19)10(16)18-6(3-12)4-17-9(15)2-1-8(13)14/h6-7,12,19H,1-5,11H2,(H,13,14)/t6-,7-/m0/s1. The average molecular weight is 295 g/mol. The molecule has 19 heavy (non-hydrogen) atoms. The second-order valence-electron chi connectivity index (χ2n) is 3.61. The van der Waals surface area contributed by atoms with Gasteiger partial charge < -0.3 is 25.4 Å². The summed E-state index contributed by atoms with van der Waals surface area (Å²) in [4.78, 5) is 32.6. The summed E-state index contributed by atoms with van der Waals surface area (Å²) in [5.74, 6) is -2.57. The zero-order valence-electron chi connectivity index (χ0n) is 10.2. The Hall–Kier alpha value is -1.32. The Bertz CT molecular complexity index is 323. The van der Waals surface area contributed by atoms with Gasteiger partial charge in [0.1, 0.15) is 12.6 Å². The van der Waals surface area contributed by atoms with Crippen molar-refractivity contribution >= 4 is 30.5 Å². The number of carbonyl (C=O) groups is 3. The predicted octanol–water partition coefficient (Wildman–Crippen LogP) is -1.44.